The number of hydrogen-bond donors (Lipinski definition) is 1. The molecule has 1 nitrogen and oxygen atoms in total. The first-order valence-corrected chi connectivity index (χ1v) is 6.84. The predicted octanol–water partition coefficient (Wildman–Crippen LogP) is 4.08. The summed E-state index contributed by atoms with van der Waals surface area (Å²) in [7, 11) is 0. The summed E-state index contributed by atoms with van der Waals surface area (Å²) in [4.78, 5) is 0. The third-order valence-electron chi connectivity index (χ3n) is 3.85. The van der Waals surface area contributed by atoms with Crippen molar-refractivity contribution in [1.82, 2.24) is 0 Å². The van der Waals surface area contributed by atoms with Gasteiger partial charge < -0.3 is 5.32 Å². The lowest BCUT2D eigenvalue weighted by Gasteiger charge is -2.21. The highest BCUT2D eigenvalue weighted by atomic mass is 19.1. The second-order valence-electron chi connectivity index (χ2n) is 5.23. The number of aryl methyl sites for hydroxylation is 2. The summed E-state index contributed by atoms with van der Waals surface area (Å²) >= 11 is 0. The van der Waals surface area contributed by atoms with E-state index in [0.29, 0.717) is 0 Å². The number of halogens is 1. The topological polar surface area (TPSA) is 12.0 Å². The largest absolute Gasteiger partial charge is 0.385 e. The summed E-state index contributed by atoms with van der Waals surface area (Å²) in [6.07, 6.45) is 3.12. The van der Waals surface area contributed by atoms with E-state index in [1.165, 1.54) is 29.3 Å². The summed E-state index contributed by atoms with van der Waals surface area (Å²) < 4.78 is 13.4. The molecule has 1 aliphatic heterocycles. The summed E-state index contributed by atoms with van der Waals surface area (Å²) in [5.74, 6) is -0.154. The Hall–Kier alpha value is -1.83. The predicted molar refractivity (Wildman–Crippen MR) is 77.2 cm³/mol. The van der Waals surface area contributed by atoms with Gasteiger partial charge in [-0.2, -0.15) is 0 Å². The number of anilines is 1. The number of benzene rings is 2. The molecule has 0 bridgehead atoms. The number of fused-ring (bicyclic) bond motifs is 1. The van der Waals surface area contributed by atoms with Gasteiger partial charge in [-0.25, -0.2) is 4.39 Å². The first-order chi connectivity index (χ1) is 9.24. The molecule has 0 radical (unpaired) electrons. The van der Waals surface area contributed by atoms with Crippen molar-refractivity contribution in [1.29, 1.82) is 0 Å². The Morgan fingerprint density at radius 3 is 2.95 bits per heavy atom. The summed E-state index contributed by atoms with van der Waals surface area (Å²) in [5.41, 5.74) is 6.14. The summed E-state index contributed by atoms with van der Waals surface area (Å²) in [6.45, 7) is 3.07. The Labute approximate surface area is 113 Å². The molecule has 2 aromatic carbocycles. The fourth-order valence-electron chi connectivity index (χ4n) is 2.76. The lowest BCUT2D eigenvalue weighted by molar-refractivity contribution is 0.625. The molecule has 0 fully saturated rings. The van der Waals surface area contributed by atoms with Crippen molar-refractivity contribution in [3.63, 3.8) is 0 Å². The third kappa shape index (κ3) is 2.48. The Morgan fingerprint density at radius 2 is 2.05 bits per heavy atom. The highest BCUT2D eigenvalue weighted by Crippen LogP contribution is 2.28. The van der Waals surface area contributed by atoms with Gasteiger partial charge in [0.25, 0.3) is 0 Å². The van der Waals surface area contributed by atoms with Crippen molar-refractivity contribution in [3.8, 4) is 0 Å². The van der Waals surface area contributed by atoms with Crippen LogP contribution in [0.4, 0.5) is 10.1 Å². The molecule has 0 saturated heterocycles. The van der Waals surface area contributed by atoms with E-state index < -0.39 is 0 Å². The average molecular weight is 255 g/mol. The Morgan fingerprint density at radius 1 is 1.16 bits per heavy atom. The van der Waals surface area contributed by atoms with Crippen molar-refractivity contribution < 1.29 is 4.39 Å². The van der Waals surface area contributed by atoms with Gasteiger partial charge in [0.2, 0.25) is 0 Å². The lowest BCUT2D eigenvalue weighted by atomic mass is 9.94. The van der Waals surface area contributed by atoms with Crippen molar-refractivity contribution in [2.75, 3.05) is 11.9 Å². The van der Waals surface area contributed by atoms with Gasteiger partial charge in [0, 0.05) is 12.2 Å². The van der Waals surface area contributed by atoms with Gasteiger partial charge in [0.05, 0.1) is 0 Å². The maximum Gasteiger partial charge on any atom is 0.123 e. The smallest absolute Gasteiger partial charge is 0.123 e. The minimum absolute atomic E-state index is 0.154. The van der Waals surface area contributed by atoms with Gasteiger partial charge >= 0.3 is 0 Å². The quantitative estimate of drug-likeness (QED) is 0.852. The molecule has 98 valence electrons. The fourth-order valence-corrected chi connectivity index (χ4v) is 2.76. The number of hydrogen-bond acceptors (Lipinski definition) is 1. The van der Waals surface area contributed by atoms with Gasteiger partial charge in [0.15, 0.2) is 0 Å². The van der Waals surface area contributed by atoms with Gasteiger partial charge in [0.1, 0.15) is 5.82 Å². The molecule has 3 rings (SSSR count). The minimum atomic E-state index is -0.154. The third-order valence-corrected chi connectivity index (χ3v) is 3.85. The van der Waals surface area contributed by atoms with Crippen LogP contribution in [0.15, 0.2) is 36.4 Å². The summed E-state index contributed by atoms with van der Waals surface area (Å²) in [6, 6.07) is 11.5. The Balaban J connectivity index is 1.97. The van der Waals surface area contributed by atoms with E-state index in [9.17, 15) is 4.39 Å². The van der Waals surface area contributed by atoms with E-state index in [-0.39, 0.29) is 5.82 Å². The monoisotopic (exact) mass is 255 g/mol. The van der Waals surface area contributed by atoms with Crippen molar-refractivity contribution >= 4 is 5.69 Å². The molecule has 1 heterocycles. The number of nitrogens with one attached hydrogen (secondary N) is 1. The standard InChI is InChI=1S/C17H18FN/c1-12-7-8-16(18)11-15(12)10-14-5-2-4-13-6-3-9-19-17(13)14/h2,4-5,7-8,11,19H,3,6,9-10H2,1H3. The van der Waals surface area contributed by atoms with Crippen LogP contribution in [0.1, 0.15) is 28.7 Å². The molecular weight excluding hydrogens is 237 g/mol. The zero-order chi connectivity index (χ0) is 13.2. The van der Waals surface area contributed by atoms with Crippen LogP contribution in [0.3, 0.4) is 0 Å². The molecule has 0 spiro atoms. The van der Waals surface area contributed by atoms with Gasteiger partial charge in [-0.3, -0.25) is 0 Å². The Bertz CT molecular complexity index is 604. The maximum absolute atomic E-state index is 13.4. The highest BCUT2D eigenvalue weighted by molar-refractivity contribution is 5.60. The zero-order valence-electron chi connectivity index (χ0n) is 11.2. The molecule has 1 aliphatic rings. The maximum atomic E-state index is 13.4. The highest BCUT2D eigenvalue weighted by Gasteiger charge is 2.13. The van der Waals surface area contributed by atoms with E-state index in [1.807, 2.05) is 13.0 Å². The molecular formula is C17H18FN. The van der Waals surface area contributed by atoms with Crippen molar-refractivity contribution in [3.05, 3.63) is 64.5 Å². The molecule has 1 N–H and O–H groups in total. The molecule has 2 heteroatoms. The van der Waals surface area contributed by atoms with E-state index in [0.717, 1.165) is 30.5 Å². The SMILES string of the molecule is Cc1ccc(F)cc1Cc1cccc2c1NCCC2. The number of rotatable bonds is 2. The van der Waals surface area contributed by atoms with Crippen molar-refractivity contribution in [2.24, 2.45) is 0 Å². The molecule has 0 atom stereocenters. The van der Waals surface area contributed by atoms with Gasteiger partial charge in [-0.15, -0.1) is 0 Å². The normalized spacial score (nSPS) is 13.8. The molecule has 2 aromatic rings. The van der Waals surface area contributed by atoms with Crippen LogP contribution in [0.2, 0.25) is 0 Å². The second kappa shape index (κ2) is 5.04. The van der Waals surface area contributed by atoms with Crippen LogP contribution in [-0.4, -0.2) is 6.54 Å². The second-order valence-corrected chi connectivity index (χ2v) is 5.23. The van der Waals surface area contributed by atoms with Crippen LogP contribution < -0.4 is 5.32 Å². The van der Waals surface area contributed by atoms with Crippen molar-refractivity contribution in [2.45, 2.75) is 26.2 Å². The molecule has 0 aliphatic carbocycles. The molecule has 0 amide bonds. The summed E-state index contributed by atoms with van der Waals surface area (Å²) in [5, 5.41) is 3.49. The van der Waals surface area contributed by atoms with Gasteiger partial charge in [-0.05, 0) is 60.6 Å². The molecule has 0 unspecified atom stereocenters. The minimum Gasteiger partial charge on any atom is -0.385 e. The van der Waals surface area contributed by atoms with Crippen LogP contribution in [0.25, 0.3) is 0 Å². The lowest BCUT2D eigenvalue weighted by Crippen LogP contribution is -2.14. The van der Waals surface area contributed by atoms with Crippen LogP contribution in [0, 0.1) is 12.7 Å². The van der Waals surface area contributed by atoms with E-state index >= 15 is 0 Å². The number of para-hydroxylation sites is 1. The van der Waals surface area contributed by atoms with Gasteiger partial charge in [-0.1, -0.05) is 24.3 Å². The van der Waals surface area contributed by atoms with E-state index in [1.54, 1.807) is 6.07 Å². The van der Waals surface area contributed by atoms with E-state index in [2.05, 4.69) is 23.5 Å². The zero-order valence-corrected chi connectivity index (χ0v) is 11.2. The molecule has 0 aromatic heterocycles. The average Bonchev–Trinajstić information content (AvgIpc) is 2.43. The Kier molecular flexibility index (Phi) is 3.24. The molecule has 0 saturated carbocycles. The van der Waals surface area contributed by atoms with Crippen LogP contribution in [-0.2, 0) is 12.8 Å². The fraction of sp³-hybridized carbons (Fsp3) is 0.294. The first-order valence-electron chi connectivity index (χ1n) is 6.84. The van der Waals surface area contributed by atoms with E-state index in [4.69, 9.17) is 0 Å². The van der Waals surface area contributed by atoms with Crippen LogP contribution >= 0.6 is 0 Å². The first kappa shape index (κ1) is 12.2. The van der Waals surface area contributed by atoms with Crippen LogP contribution in [0.5, 0.6) is 0 Å². The molecule has 19 heavy (non-hydrogen) atoms.